The normalized spacial score (nSPS) is 14.6. The Morgan fingerprint density at radius 2 is 1.89 bits per heavy atom. The van der Waals surface area contributed by atoms with E-state index in [0.29, 0.717) is 18.1 Å². The predicted octanol–water partition coefficient (Wildman–Crippen LogP) is 3.80. The van der Waals surface area contributed by atoms with Crippen molar-refractivity contribution in [1.82, 2.24) is 15.0 Å². The van der Waals surface area contributed by atoms with Gasteiger partial charge >= 0.3 is 0 Å². The first kappa shape index (κ1) is 17.5. The highest BCUT2D eigenvalue weighted by Gasteiger charge is 2.20. The van der Waals surface area contributed by atoms with E-state index in [-0.39, 0.29) is 5.91 Å². The zero-order valence-corrected chi connectivity index (χ0v) is 15.4. The molecule has 1 aliphatic rings. The van der Waals surface area contributed by atoms with Gasteiger partial charge in [-0.3, -0.25) is 9.69 Å². The second kappa shape index (κ2) is 7.80. The van der Waals surface area contributed by atoms with Crippen LogP contribution in [0.1, 0.15) is 34.9 Å². The number of likely N-dealkylation sites (tertiary alicyclic amines) is 1. The first-order valence-electron chi connectivity index (χ1n) is 9.26. The van der Waals surface area contributed by atoms with E-state index in [0.717, 1.165) is 36.7 Å². The molecule has 3 heterocycles. The molecule has 1 aliphatic heterocycles. The van der Waals surface area contributed by atoms with Crippen molar-refractivity contribution in [2.75, 3.05) is 20.1 Å². The summed E-state index contributed by atoms with van der Waals surface area (Å²) >= 11 is 0. The standard InChI is InChI=1S/C21H23N3O3/c1-23(14-18-13-19(22-27-18)16-7-3-2-4-8-16)21(25)20-10-9-17(26-20)15-24-11-5-6-12-24/h2-4,7-10,13H,5-6,11-12,14-15H2,1H3. The molecule has 6 heteroatoms. The summed E-state index contributed by atoms with van der Waals surface area (Å²) in [5, 5.41) is 4.09. The maximum Gasteiger partial charge on any atom is 0.289 e. The van der Waals surface area contributed by atoms with Gasteiger partial charge in [-0.25, -0.2) is 0 Å². The molecule has 0 bridgehead atoms. The Hall–Kier alpha value is -2.86. The number of aromatic nitrogens is 1. The molecule has 1 amide bonds. The van der Waals surface area contributed by atoms with Crippen molar-refractivity contribution in [2.45, 2.75) is 25.9 Å². The minimum absolute atomic E-state index is 0.166. The number of amides is 1. The highest BCUT2D eigenvalue weighted by atomic mass is 16.5. The molecule has 4 rings (SSSR count). The fourth-order valence-electron chi connectivity index (χ4n) is 3.37. The van der Waals surface area contributed by atoms with E-state index < -0.39 is 0 Å². The SMILES string of the molecule is CN(Cc1cc(-c2ccccc2)no1)C(=O)c1ccc(CN2CCCC2)o1. The minimum Gasteiger partial charge on any atom is -0.455 e. The smallest absolute Gasteiger partial charge is 0.289 e. The van der Waals surface area contributed by atoms with Gasteiger partial charge in [-0.15, -0.1) is 0 Å². The molecular weight excluding hydrogens is 342 g/mol. The van der Waals surface area contributed by atoms with Gasteiger partial charge < -0.3 is 13.8 Å². The zero-order chi connectivity index (χ0) is 18.6. The van der Waals surface area contributed by atoms with Crippen LogP contribution >= 0.6 is 0 Å². The molecule has 0 saturated carbocycles. The monoisotopic (exact) mass is 365 g/mol. The summed E-state index contributed by atoms with van der Waals surface area (Å²) < 4.78 is 11.2. The van der Waals surface area contributed by atoms with Gasteiger partial charge in [0.15, 0.2) is 11.5 Å². The molecule has 27 heavy (non-hydrogen) atoms. The number of carbonyl (C=O) groups is 1. The van der Waals surface area contributed by atoms with Gasteiger partial charge in [0.2, 0.25) is 0 Å². The Balaban J connectivity index is 1.38. The first-order chi connectivity index (χ1) is 13.2. The topological polar surface area (TPSA) is 62.7 Å². The van der Waals surface area contributed by atoms with Crippen molar-refractivity contribution < 1.29 is 13.7 Å². The van der Waals surface area contributed by atoms with E-state index >= 15 is 0 Å². The summed E-state index contributed by atoms with van der Waals surface area (Å²) in [4.78, 5) is 16.6. The van der Waals surface area contributed by atoms with E-state index in [1.807, 2.05) is 42.5 Å². The Morgan fingerprint density at radius 3 is 2.67 bits per heavy atom. The van der Waals surface area contributed by atoms with E-state index in [4.69, 9.17) is 8.94 Å². The predicted molar refractivity (Wildman–Crippen MR) is 101 cm³/mol. The van der Waals surface area contributed by atoms with Crippen LogP contribution in [0.15, 0.2) is 57.5 Å². The second-order valence-electron chi connectivity index (χ2n) is 6.95. The molecule has 0 unspecified atom stereocenters. The molecule has 0 aliphatic carbocycles. The van der Waals surface area contributed by atoms with Crippen LogP contribution in [0, 0.1) is 0 Å². The van der Waals surface area contributed by atoms with E-state index in [1.54, 1.807) is 18.0 Å². The number of carbonyl (C=O) groups excluding carboxylic acids is 1. The fraction of sp³-hybridized carbons (Fsp3) is 0.333. The van der Waals surface area contributed by atoms with Crippen LogP contribution in [0.5, 0.6) is 0 Å². The molecule has 140 valence electrons. The average molecular weight is 365 g/mol. The molecule has 0 N–H and O–H groups in total. The van der Waals surface area contributed by atoms with Gasteiger partial charge in [-0.2, -0.15) is 0 Å². The van der Waals surface area contributed by atoms with Gasteiger partial charge in [-0.05, 0) is 38.1 Å². The highest BCUT2D eigenvalue weighted by molar-refractivity contribution is 5.91. The lowest BCUT2D eigenvalue weighted by molar-refractivity contribution is 0.0737. The number of nitrogens with zero attached hydrogens (tertiary/aromatic N) is 3. The number of hydrogen-bond acceptors (Lipinski definition) is 5. The molecule has 1 saturated heterocycles. The molecule has 0 atom stereocenters. The zero-order valence-electron chi connectivity index (χ0n) is 15.4. The fourth-order valence-corrected chi connectivity index (χ4v) is 3.37. The lowest BCUT2D eigenvalue weighted by atomic mass is 10.1. The Bertz CT molecular complexity index is 894. The summed E-state index contributed by atoms with van der Waals surface area (Å²) in [5.41, 5.74) is 1.75. The first-order valence-corrected chi connectivity index (χ1v) is 9.26. The summed E-state index contributed by atoms with van der Waals surface area (Å²) in [6.07, 6.45) is 2.47. The lowest BCUT2D eigenvalue weighted by Crippen LogP contribution is -2.25. The molecule has 0 spiro atoms. The van der Waals surface area contributed by atoms with Crippen LogP contribution < -0.4 is 0 Å². The van der Waals surface area contributed by atoms with Crippen molar-refractivity contribution in [3.63, 3.8) is 0 Å². The molecule has 0 radical (unpaired) electrons. The van der Waals surface area contributed by atoms with Crippen LogP contribution in [0.2, 0.25) is 0 Å². The van der Waals surface area contributed by atoms with Crippen LogP contribution in [0.25, 0.3) is 11.3 Å². The van der Waals surface area contributed by atoms with Crippen LogP contribution in [-0.2, 0) is 13.1 Å². The van der Waals surface area contributed by atoms with Gasteiger partial charge in [0.05, 0.1) is 13.1 Å². The van der Waals surface area contributed by atoms with E-state index in [9.17, 15) is 4.79 Å². The van der Waals surface area contributed by atoms with Gasteiger partial charge in [0.1, 0.15) is 11.5 Å². The molecule has 2 aromatic heterocycles. The van der Waals surface area contributed by atoms with Crippen molar-refractivity contribution >= 4 is 5.91 Å². The molecular formula is C21H23N3O3. The van der Waals surface area contributed by atoms with Crippen LogP contribution in [0.3, 0.4) is 0 Å². The van der Waals surface area contributed by atoms with Crippen molar-refractivity contribution in [3.05, 3.63) is 65.8 Å². The van der Waals surface area contributed by atoms with E-state index in [2.05, 4.69) is 10.1 Å². The van der Waals surface area contributed by atoms with Crippen molar-refractivity contribution in [1.29, 1.82) is 0 Å². The average Bonchev–Trinajstić information content (AvgIpc) is 3.44. The Labute approximate surface area is 158 Å². The van der Waals surface area contributed by atoms with Gasteiger partial charge in [-0.1, -0.05) is 35.5 Å². The largest absolute Gasteiger partial charge is 0.455 e. The number of benzene rings is 1. The summed E-state index contributed by atoms with van der Waals surface area (Å²) in [5.74, 6) is 1.66. The third-order valence-corrected chi connectivity index (χ3v) is 4.82. The number of rotatable bonds is 6. The van der Waals surface area contributed by atoms with Crippen LogP contribution in [0.4, 0.5) is 0 Å². The Kier molecular flexibility index (Phi) is 5.07. The lowest BCUT2D eigenvalue weighted by Gasteiger charge is -2.14. The number of hydrogen-bond donors (Lipinski definition) is 0. The molecule has 1 fully saturated rings. The van der Waals surface area contributed by atoms with Crippen LogP contribution in [-0.4, -0.2) is 41.0 Å². The number of furan rings is 1. The summed E-state index contributed by atoms with van der Waals surface area (Å²) in [6, 6.07) is 15.3. The Morgan fingerprint density at radius 1 is 1.11 bits per heavy atom. The molecule has 6 nitrogen and oxygen atoms in total. The van der Waals surface area contributed by atoms with Gasteiger partial charge in [0.25, 0.3) is 5.91 Å². The summed E-state index contributed by atoms with van der Waals surface area (Å²) in [6.45, 7) is 3.29. The minimum atomic E-state index is -0.166. The molecule has 3 aromatic rings. The highest BCUT2D eigenvalue weighted by Crippen LogP contribution is 2.20. The molecule has 1 aromatic carbocycles. The summed E-state index contributed by atoms with van der Waals surface area (Å²) in [7, 11) is 1.73. The maximum atomic E-state index is 12.6. The second-order valence-corrected chi connectivity index (χ2v) is 6.95. The van der Waals surface area contributed by atoms with Gasteiger partial charge in [0, 0.05) is 18.7 Å². The van der Waals surface area contributed by atoms with Crippen molar-refractivity contribution in [2.24, 2.45) is 0 Å². The quantitative estimate of drug-likeness (QED) is 0.665. The third-order valence-electron chi connectivity index (χ3n) is 4.82. The maximum absolute atomic E-state index is 12.6. The van der Waals surface area contributed by atoms with E-state index in [1.165, 1.54) is 12.8 Å². The van der Waals surface area contributed by atoms with Crippen molar-refractivity contribution in [3.8, 4) is 11.3 Å². The third kappa shape index (κ3) is 4.11.